The molecule has 0 amide bonds. The third-order valence-electron chi connectivity index (χ3n) is 3.00. The molecular weight excluding hydrogens is 278 g/mol. The number of benzene rings is 1. The van der Waals surface area contributed by atoms with Gasteiger partial charge in [0.05, 0.1) is 17.6 Å². The van der Waals surface area contributed by atoms with E-state index in [2.05, 4.69) is 4.72 Å². The Morgan fingerprint density at radius 2 is 1.80 bits per heavy atom. The van der Waals surface area contributed by atoms with Crippen molar-refractivity contribution in [1.82, 2.24) is 4.72 Å². The lowest BCUT2D eigenvalue weighted by Gasteiger charge is -2.14. The summed E-state index contributed by atoms with van der Waals surface area (Å²) in [5.74, 6) is 0. The molecule has 0 aromatic heterocycles. The number of hydrogen-bond acceptors (Lipinski definition) is 4. The number of hydrogen-bond donors (Lipinski definition) is 2. The molecule has 0 heterocycles. The second kappa shape index (κ2) is 7.17. The number of aliphatic hydroxyl groups is 1. The lowest BCUT2D eigenvalue weighted by atomic mass is 10.1. The van der Waals surface area contributed by atoms with Crippen molar-refractivity contribution in [2.75, 3.05) is 20.3 Å². The number of rotatable bonds is 7. The fraction of sp³-hybridized carbons (Fsp3) is 0.571. The van der Waals surface area contributed by atoms with Gasteiger partial charge in [-0.3, -0.25) is 0 Å². The molecule has 0 aliphatic carbocycles. The molecule has 1 atom stereocenters. The van der Waals surface area contributed by atoms with Gasteiger partial charge in [-0.15, -0.1) is 0 Å². The third kappa shape index (κ3) is 4.56. The van der Waals surface area contributed by atoms with E-state index in [9.17, 15) is 13.5 Å². The van der Waals surface area contributed by atoms with Crippen LogP contribution in [0.2, 0.25) is 0 Å². The zero-order valence-corrected chi connectivity index (χ0v) is 13.3. The standard InChI is InChI=1S/C14H23NO4S/c1-10-7-11(2)14(12(3)8-10)20(17,18)15-6-5-13(16)9-19-4/h7-8,13,15-16H,5-6,9H2,1-4H3. The molecule has 1 aromatic rings. The molecule has 20 heavy (non-hydrogen) atoms. The Labute approximate surface area is 121 Å². The molecule has 1 rings (SSSR count). The van der Waals surface area contributed by atoms with Crippen LogP contribution in [0.5, 0.6) is 0 Å². The zero-order valence-electron chi connectivity index (χ0n) is 12.4. The van der Waals surface area contributed by atoms with Gasteiger partial charge in [0.1, 0.15) is 0 Å². The fourth-order valence-electron chi connectivity index (χ4n) is 2.30. The summed E-state index contributed by atoms with van der Waals surface area (Å²) in [6.45, 7) is 5.89. The minimum Gasteiger partial charge on any atom is -0.391 e. The number of ether oxygens (including phenoxy) is 1. The van der Waals surface area contributed by atoms with Crippen LogP contribution < -0.4 is 4.72 Å². The maximum Gasteiger partial charge on any atom is 0.241 e. The molecule has 1 aromatic carbocycles. The van der Waals surface area contributed by atoms with E-state index < -0.39 is 16.1 Å². The molecule has 0 aliphatic rings. The van der Waals surface area contributed by atoms with Gasteiger partial charge in [-0.1, -0.05) is 17.7 Å². The molecule has 0 radical (unpaired) electrons. The van der Waals surface area contributed by atoms with Crippen LogP contribution in [-0.4, -0.2) is 39.9 Å². The van der Waals surface area contributed by atoms with Crippen molar-refractivity contribution in [2.45, 2.75) is 38.2 Å². The van der Waals surface area contributed by atoms with Gasteiger partial charge < -0.3 is 9.84 Å². The fourth-order valence-corrected chi connectivity index (χ4v) is 3.79. The quantitative estimate of drug-likeness (QED) is 0.795. The second-order valence-electron chi connectivity index (χ2n) is 5.02. The molecule has 5 nitrogen and oxygen atoms in total. The highest BCUT2D eigenvalue weighted by Gasteiger charge is 2.19. The van der Waals surface area contributed by atoms with Crippen LogP contribution in [0.1, 0.15) is 23.1 Å². The highest BCUT2D eigenvalue weighted by Crippen LogP contribution is 2.21. The first-order valence-corrected chi connectivity index (χ1v) is 8.00. The molecule has 1 unspecified atom stereocenters. The largest absolute Gasteiger partial charge is 0.391 e. The van der Waals surface area contributed by atoms with E-state index in [-0.39, 0.29) is 13.2 Å². The summed E-state index contributed by atoms with van der Waals surface area (Å²) in [4.78, 5) is 0.323. The van der Waals surface area contributed by atoms with Gasteiger partial charge in [0.2, 0.25) is 10.0 Å². The molecule has 6 heteroatoms. The first-order valence-electron chi connectivity index (χ1n) is 6.52. The highest BCUT2D eigenvalue weighted by molar-refractivity contribution is 7.89. The molecule has 0 bridgehead atoms. The van der Waals surface area contributed by atoms with Crippen LogP contribution in [-0.2, 0) is 14.8 Å². The van der Waals surface area contributed by atoms with Gasteiger partial charge in [0.25, 0.3) is 0 Å². The Kier molecular flexibility index (Phi) is 6.13. The van der Waals surface area contributed by atoms with Crippen molar-refractivity contribution in [3.8, 4) is 0 Å². The van der Waals surface area contributed by atoms with Crippen molar-refractivity contribution in [2.24, 2.45) is 0 Å². The number of sulfonamides is 1. The molecule has 114 valence electrons. The zero-order chi connectivity index (χ0) is 15.3. The van der Waals surface area contributed by atoms with Crippen LogP contribution in [0.4, 0.5) is 0 Å². The number of nitrogens with one attached hydrogen (secondary N) is 1. The van der Waals surface area contributed by atoms with E-state index in [4.69, 9.17) is 4.74 Å². The van der Waals surface area contributed by atoms with Crippen molar-refractivity contribution < 1.29 is 18.3 Å². The normalized spacial score (nSPS) is 13.4. The minimum atomic E-state index is -3.55. The number of aliphatic hydroxyl groups excluding tert-OH is 1. The summed E-state index contributed by atoms with van der Waals surface area (Å²) in [5, 5.41) is 9.50. The van der Waals surface area contributed by atoms with Gasteiger partial charge in [-0.2, -0.15) is 0 Å². The van der Waals surface area contributed by atoms with Crippen molar-refractivity contribution in [3.05, 3.63) is 28.8 Å². The SMILES string of the molecule is COCC(O)CCNS(=O)(=O)c1c(C)cc(C)cc1C. The molecule has 0 saturated heterocycles. The van der Waals surface area contributed by atoms with Crippen LogP contribution in [0, 0.1) is 20.8 Å². The van der Waals surface area contributed by atoms with Crippen LogP contribution in [0.15, 0.2) is 17.0 Å². The van der Waals surface area contributed by atoms with E-state index in [0.717, 1.165) is 16.7 Å². The molecular formula is C14H23NO4S. The average Bonchev–Trinajstić information content (AvgIpc) is 2.26. The highest BCUT2D eigenvalue weighted by atomic mass is 32.2. The summed E-state index contributed by atoms with van der Waals surface area (Å²) in [6.07, 6.45) is -0.347. The van der Waals surface area contributed by atoms with Gasteiger partial charge in [0, 0.05) is 13.7 Å². The predicted molar refractivity (Wildman–Crippen MR) is 78.3 cm³/mol. The van der Waals surface area contributed by atoms with Crippen LogP contribution in [0.25, 0.3) is 0 Å². The van der Waals surface area contributed by atoms with E-state index in [0.29, 0.717) is 11.3 Å². The first kappa shape index (κ1) is 17.1. The average molecular weight is 301 g/mol. The van der Waals surface area contributed by atoms with Crippen LogP contribution >= 0.6 is 0 Å². The lowest BCUT2D eigenvalue weighted by Crippen LogP contribution is -2.29. The molecule has 0 fully saturated rings. The van der Waals surface area contributed by atoms with Gasteiger partial charge in [-0.25, -0.2) is 13.1 Å². The van der Waals surface area contributed by atoms with E-state index in [1.54, 1.807) is 13.8 Å². The van der Waals surface area contributed by atoms with Gasteiger partial charge in [0.15, 0.2) is 0 Å². The molecule has 0 saturated carbocycles. The van der Waals surface area contributed by atoms with Crippen LogP contribution in [0.3, 0.4) is 0 Å². The van der Waals surface area contributed by atoms with E-state index in [1.807, 2.05) is 19.1 Å². The molecule has 2 N–H and O–H groups in total. The predicted octanol–water partition coefficient (Wildman–Crippen LogP) is 1.29. The Hall–Kier alpha value is -0.950. The van der Waals surface area contributed by atoms with Crippen molar-refractivity contribution in [3.63, 3.8) is 0 Å². The summed E-state index contributed by atoms with van der Waals surface area (Å²) in [7, 11) is -2.06. The van der Waals surface area contributed by atoms with E-state index >= 15 is 0 Å². The summed E-state index contributed by atoms with van der Waals surface area (Å²) in [5.41, 5.74) is 2.49. The minimum absolute atomic E-state index is 0.180. The van der Waals surface area contributed by atoms with Gasteiger partial charge >= 0.3 is 0 Å². The second-order valence-corrected chi connectivity index (χ2v) is 6.73. The summed E-state index contributed by atoms with van der Waals surface area (Å²) < 4.78 is 31.9. The Bertz CT molecular complexity index is 531. The summed E-state index contributed by atoms with van der Waals surface area (Å²) in [6, 6.07) is 3.70. The van der Waals surface area contributed by atoms with Gasteiger partial charge in [-0.05, 0) is 38.3 Å². The maximum atomic E-state index is 12.3. The van der Waals surface area contributed by atoms with E-state index in [1.165, 1.54) is 7.11 Å². The number of methoxy groups -OCH3 is 1. The lowest BCUT2D eigenvalue weighted by molar-refractivity contribution is 0.0603. The Balaban J connectivity index is 2.80. The first-order chi connectivity index (χ1) is 9.27. The van der Waals surface area contributed by atoms with Crippen molar-refractivity contribution >= 4 is 10.0 Å². The molecule has 0 spiro atoms. The Morgan fingerprint density at radius 3 is 2.30 bits per heavy atom. The maximum absolute atomic E-state index is 12.3. The summed E-state index contributed by atoms with van der Waals surface area (Å²) >= 11 is 0. The van der Waals surface area contributed by atoms with Crippen molar-refractivity contribution in [1.29, 1.82) is 0 Å². The smallest absolute Gasteiger partial charge is 0.241 e. The topological polar surface area (TPSA) is 75.6 Å². The molecule has 0 aliphatic heterocycles. The monoisotopic (exact) mass is 301 g/mol. The number of aryl methyl sites for hydroxylation is 3. The Morgan fingerprint density at radius 1 is 1.25 bits per heavy atom. The third-order valence-corrected chi connectivity index (χ3v) is 4.77.